The molecule has 0 radical (unpaired) electrons. The van der Waals surface area contributed by atoms with Crippen LogP contribution in [0.1, 0.15) is 27.0 Å². The summed E-state index contributed by atoms with van der Waals surface area (Å²) in [5, 5.41) is 56.0. The number of hydrogen-bond acceptors (Lipinski definition) is 32. The Morgan fingerprint density at radius 1 is 0.561 bits per heavy atom. The van der Waals surface area contributed by atoms with Gasteiger partial charge in [0.1, 0.15) is 49.8 Å². The second-order valence-corrected chi connectivity index (χ2v) is 32.3. The molecule has 0 aliphatic carbocycles. The number of hydrogen-bond donors (Lipinski definition) is 20. The molecule has 5 aliphatic rings. The number of rotatable bonds is 27. The molecule has 0 spiro atoms. The van der Waals surface area contributed by atoms with Gasteiger partial charge in [0.25, 0.3) is 34.9 Å². The van der Waals surface area contributed by atoms with Crippen molar-refractivity contribution < 1.29 is 211 Å². The highest BCUT2D eigenvalue weighted by atomic mass is 31.3. The zero-order chi connectivity index (χ0) is 75.0. The van der Waals surface area contributed by atoms with Crippen LogP contribution in [0.2, 0.25) is 0 Å². The predicted octanol–water partition coefficient (Wildman–Crippen LogP) is -1.78. The molecule has 20 N–H and O–H groups in total. The van der Waals surface area contributed by atoms with Crippen LogP contribution in [0, 0.1) is 0 Å². The summed E-state index contributed by atoms with van der Waals surface area (Å²) in [4.78, 5) is 155. The van der Waals surface area contributed by atoms with E-state index in [-0.39, 0.29) is 19.1 Å². The maximum atomic E-state index is 15.6. The van der Waals surface area contributed by atoms with Crippen LogP contribution in [0.15, 0.2) is 89.6 Å². The summed E-state index contributed by atoms with van der Waals surface area (Å²) in [6, 6.07) is 0.817. The van der Waals surface area contributed by atoms with E-state index in [2.05, 4.69) is 69.8 Å². The molecule has 1 aromatic rings. The zero-order valence-corrected chi connectivity index (χ0v) is 55.3. The van der Waals surface area contributed by atoms with Crippen molar-refractivity contribution in [2.45, 2.75) is 92.2 Å². The van der Waals surface area contributed by atoms with Crippen molar-refractivity contribution in [3.63, 3.8) is 0 Å². The predicted molar refractivity (Wildman–Crippen MR) is 297 cm³/mol. The summed E-state index contributed by atoms with van der Waals surface area (Å²) in [7, 11) is -52.2. The van der Waals surface area contributed by atoms with Gasteiger partial charge in [0.15, 0.2) is 36.5 Å². The molecule has 62 heteroatoms. The number of nitrogens with one attached hydrogen (secondary N) is 3. The molecule has 3 fully saturated rings. The number of carbonyl (C=O) groups excluding carboxylic acids is 2. The topological polar surface area (TPSA) is 728 Å². The Kier molecular flexibility index (Phi) is 28.3. The molecular weight excluding hydrogens is 1560 g/mol. The fraction of sp³-hybridized carbons (Fsp3) is 0.528. The molecule has 6 heterocycles. The van der Waals surface area contributed by atoms with Crippen molar-refractivity contribution in [1.82, 2.24) is 30.0 Å². The molecular formula is C36H56F5N6O42P9. The lowest BCUT2D eigenvalue weighted by molar-refractivity contribution is -0.207. The first-order valence-electron chi connectivity index (χ1n) is 24.3. The zero-order valence-electron chi connectivity index (χ0n) is 47.2. The standard InChI is InChI=1S/C13H17F2N2O13P3.C11H17F2N2O14P3.C11H18FN2O15P3.CH4/c1-3-5-12(14)10(19)13(15,28-11(12)17-6-4-9(18)16-8(17)2)7-27-32(23,24)30-33(25,26)29-31(20,21)22;1-6-14-7(16)2-3-15(6)9-10(18,4-12)8(17)11(13,27-9)5-26-31(22,23)29-32(24,25)28-30(19,20)21;1-2-10(18)7(16)11(12,27-8(10)14-4-3-6(15)13-9(14)17)5-26-31(22,23)29-32(24,25)28-30(19,20)21;/h4-6,10-11,19H,1-2,7H2,(H,16,18)(H,23,24)(H,25,26)(H2,20,21,22);2-3,8-9,17-18H,1,4-5H2,(H,14,16)(H,22,23)(H,24,25)(H2,19,20,21);3-4,7-8,16,18H,2,5H2,1H3,(H,22,23)(H,24,25)(H,13,15,17)(H2,19,20,21);1H4/t10-,11+,12+,13+;8-,9+,10+,11+;7-,8+,10+,11+;/m000./s1. The normalized spacial score (nSPS) is 33.3. The van der Waals surface area contributed by atoms with Gasteiger partial charge in [-0.05, 0) is 6.42 Å². The van der Waals surface area contributed by atoms with E-state index in [0.717, 1.165) is 46.6 Å². The SMILES string of the molecule is C.C=C1NC(=O)C=CN1[C@@H]1O[C@](F)(COP(=O)(O)OP(=O)(O)OP(=O)(O)O)[C@@H](O)[C@]1(O)CF.C=C=C[C@]1(F)[C@H](N2C=CC(=O)NC2=C)O[C@](F)(COP(=O)(O)OP(=O)(O)OP(=O)(O)O)[C@H]1O.CC[C@]1(O)[C@H](n2ccc(=O)[nH]c2=O)O[C@](F)(COP(=O)(O)OP(=O)(O)OP(=O)(O)O)[C@H]1O. The van der Waals surface area contributed by atoms with Crippen molar-refractivity contribution in [1.29, 1.82) is 0 Å². The number of halogens is 5. The van der Waals surface area contributed by atoms with Crippen molar-refractivity contribution in [2.75, 3.05) is 26.5 Å². The number of aliphatic hydroxyl groups is 5. The van der Waals surface area contributed by atoms with Crippen LogP contribution in [0.4, 0.5) is 22.0 Å². The fourth-order valence-corrected chi connectivity index (χ4v) is 17.1. The molecule has 5 aliphatic heterocycles. The second kappa shape index (κ2) is 31.3. The maximum absolute atomic E-state index is 15.6. The largest absolute Gasteiger partial charge is 0.490 e. The van der Waals surface area contributed by atoms with Crippen LogP contribution in [0.5, 0.6) is 0 Å². The Bertz CT molecular complexity index is 3910. The van der Waals surface area contributed by atoms with Crippen molar-refractivity contribution in [2.24, 2.45) is 0 Å². The lowest BCUT2D eigenvalue weighted by Crippen LogP contribution is -2.57. The first-order chi connectivity index (χ1) is 43.5. The Balaban J connectivity index is 0.000000381. The third-order valence-corrected chi connectivity index (χ3v) is 23.3. The third kappa shape index (κ3) is 22.9. The van der Waals surface area contributed by atoms with Gasteiger partial charge in [-0.25, -0.2) is 67.8 Å². The van der Waals surface area contributed by atoms with Gasteiger partial charge in [0, 0.05) is 42.9 Å². The van der Waals surface area contributed by atoms with Crippen LogP contribution in [0.3, 0.4) is 0 Å². The average molecular weight is 1620 g/mol. The Morgan fingerprint density at radius 2 is 0.898 bits per heavy atom. The minimum atomic E-state index is -5.92. The van der Waals surface area contributed by atoms with Crippen LogP contribution in [0.25, 0.3) is 0 Å². The highest BCUT2D eigenvalue weighted by Crippen LogP contribution is 2.69. The summed E-state index contributed by atoms with van der Waals surface area (Å²) in [6.07, 6.45) is -9.98. The summed E-state index contributed by atoms with van der Waals surface area (Å²) in [5.41, 5.74) is -8.80. The molecule has 98 heavy (non-hydrogen) atoms. The smallest absolute Gasteiger partial charge is 0.384 e. The molecule has 0 aromatic carbocycles. The number of nitrogens with zero attached hydrogens (tertiary/aromatic N) is 3. The number of aliphatic hydroxyl groups excluding tert-OH is 3. The van der Waals surface area contributed by atoms with Gasteiger partial charge in [0.05, 0.1) is 0 Å². The maximum Gasteiger partial charge on any atom is 0.490 e. The van der Waals surface area contributed by atoms with Gasteiger partial charge in [0.2, 0.25) is 5.67 Å². The molecule has 562 valence electrons. The minimum absolute atomic E-state index is 0. The Labute approximate surface area is 541 Å². The van der Waals surface area contributed by atoms with Crippen LogP contribution in [-0.4, -0.2) is 207 Å². The van der Waals surface area contributed by atoms with E-state index in [1.807, 2.05) is 5.73 Å². The van der Waals surface area contributed by atoms with Gasteiger partial charge < -0.3 is 119 Å². The molecule has 3 saturated heterocycles. The van der Waals surface area contributed by atoms with E-state index >= 15 is 17.6 Å². The number of ether oxygens (including phenoxy) is 3. The van der Waals surface area contributed by atoms with Gasteiger partial charge in [-0.2, -0.15) is 25.9 Å². The number of amides is 2. The average Bonchev–Trinajstić information content (AvgIpc) is 1.60. The summed E-state index contributed by atoms with van der Waals surface area (Å²) in [6.45, 7) is 3.89. The van der Waals surface area contributed by atoms with E-state index in [9.17, 15) is 105 Å². The highest BCUT2D eigenvalue weighted by Gasteiger charge is 2.70. The van der Waals surface area contributed by atoms with Gasteiger partial charge in [-0.1, -0.05) is 34.1 Å². The number of phosphoric ester groups is 3. The van der Waals surface area contributed by atoms with Gasteiger partial charge >= 0.3 is 76.1 Å². The van der Waals surface area contributed by atoms with E-state index < -0.39 is 198 Å². The third-order valence-electron chi connectivity index (χ3n) is 11.9. The number of H-pyrrole nitrogens is 1. The van der Waals surface area contributed by atoms with Crippen LogP contribution >= 0.6 is 70.4 Å². The summed E-state index contributed by atoms with van der Waals surface area (Å²) >= 11 is 0. The molecule has 1 aromatic heterocycles. The molecule has 0 bridgehead atoms. The van der Waals surface area contributed by atoms with E-state index in [4.69, 9.17) is 58.3 Å². The number of carbonyl (C=O) groups is 2. The summed E-state index contributed by atoms with van der Waals surface area (Å²) in [5.74, 6) is -12.8. The molecule has 18 atom stereocenters. The quantitative estimate of drug-likeness (QED) is 0.0263. The van der Waals surface area contributed by atoms with Gasteiger partial charge in [-0.15, -0.1) is 5.73 Å². The Morgan fingerprint density at radius 3 is 1.22 bits per heavy atom. The summed E-state index contributed by atoms with van der Waals surface area (Å²) < 4.78 is 224. The van der Waals surface area contributed by atoms with E-state index in [1.165, 1.54) is 6.92 Å². The molecule has 6 rings (SSSR count). The lowest BCUT2D eigenvalue weighted by atomic mass is 9.90. The van der Waals surface area contributed by atoms with Crippen molar-refractivity contribution >= 4 is 82.2 Å². The number of aromatic amines is 1. The van der Waals surface area contributed by atoms with E-state index in [1.54, 1.807) is 4.98 Å². The molecule has 0 saturated carbocycles. The van der Waals surface area contributed by atoms with Crippen LogP contribution in [-0.2, 0) is 104 Å². The van der Waals surface area contributed by atoms with Crippen molar-refractivity contribution in [3.05, 3.63) is 101 Å². The molecule has 2 amide bonds. The fourth-order valence-electron chi connectivity index (χ4n) is 7.99. The highest BCUT2D eigenvalue weighted by molar-refractivity contribution is 7.67. The minimum Gasteiger partial charge on any atom is -0.384 e. The number of phosphoric acid groups is 9. The first kappa shape index (κ1) is 88.5. The molecule has 6 unspecified atom stereocenters. The van der Waals surface area contributed by atoms with Crippen LogP contribution < -0.4 is 21.9 Å². The number of alkyl halides is 5. The second-order valence-electron chi connectivity index (χ2n) is 19.1. The lowest BCUT2D eigenvalue weighted by Gasteiger charge is -2.37. The first-order valence-corrected chi connectivity index (χ1v) is 37.9. The Hall–Kier alpha value is -3.74. The van der Waals surface area contributed by atoms with Crippen molar-refractivity contribution in [3.8, 4) is 0 Å². The van der Waals surface area contributed by atoms with E-state index in [0.29, 0.717) is 10.6 Å². The monoisotopic (exact) mass is 1620 g/mol. The van der Waals surface area contributed by atoms with Gasteiger partial charge in [-0.3, -0.25) is 37.5 Å². The number of aromatic nitrogens is 2. The molecule has 48 nitrogen and oxygen atoms in total.